The molecule has 1 atom stereocenters. The van der Waals surface area contributed by atoms with Crippen molar-refractivity contribution in [3.8, 4) is 5.75 Å². The molecule has 2 aromatic rings. The van der Waals surface area contributed by atoms with Crippen molar-refractivity contribution in [2.45, 2.75) is 25.8 Å². The highest BCUT2D eigenvalue weighted by atomic mass is 16.3. The fourth-order valence-electron chi connectivity index (χ4n) is 2.55. The smallest absolute Gasteiger partial charge is 0.255 e. The van der Waals surface area contributed by atoms with Gasteiger partial charge in [0.15, 0.2) is 0 Å². The first kappa shape index (κ1) is 13.7. The van der Waals surface area contributed by atoms with Crippen LogP contribution in [0.5, 0.6) is 5.75 Å². The number of carbonyl (C=O) groups excluding carboxylic acids is 1. The monoisotopic (exact) mass is 285 g/mol. The molecule has 2 N–H and O–H groups in total. The molecule has 5 heteroatoms. The Morgan fingerprint density at radius 3 is 2.86 bits per heavy atom. The van der Waals surface area contributed by atoms with Crippen LogP contribution in [0.3, 0.4) is 0 Å². The van der Waals surface area contributed by atoms with Gasteiger partial charge in [-0.1, -0.05) is 11.6 Å². The van der Waals surface area contributed by atoms with Crippen molar-refractivity contribution in [2.24, 2.45) is 13.0 Å². The molecule has 0 spiro atoms. The molecule has 0 unspecified atom stereocenters. The maximum Gasteiger partial charge on any atom is 0.255 e. The molecule has 0 aliphatic heterocycles. The van der Waals surface area contributed by atoms with Crippen molar-refractivity contribution < 1.29 is 9.90 Å². The summed E-state index contributed by atoms with van der Waals surface area (Å²) in [6.45, 7) is 1.90. The van der Waals surface area contributed by atoms with Gasteiger partial charge < -0.3 is 15.0 Å². The molecule has 0 bridgehead atoms. The van der Waals surface area contributed by atoms with Gasteiger partial charge in [0, 0.05) is 19.4 Å². The van der Waals surface area contributed by atoms with Gasteiger partial charge in [-0.2, -0.15) is 0 Å². The highest BCUT2D eigenvalue weighted by Crippen LogP contribution is 2.40. The van der Waals surface area contributed by atoms with Gasteiger partial charge in [0.25, 0.3) is 5.91 Å². The fraction of sp³-hybridized carbons (Fsp3) is 0.375. The normalized spacial score (nSPS) is 15.7. The zero-order valence-electron chi connectivity index (χ0n) is 12.2. The number of hydrogen-bond acceptors (Lipinski definition) is 3. The van der Waals surface area contributed by atoms with Crippen molar-refractivity contribution in [3.05, 3.63) is 47.5 Å². The number of benzene rings is 1. The predicted molar refractivity (Wildman–Crippen MR) is 79.0 cm³/mol. The molecular weight excluding hydrogens is 266 g/mol. The molecule has 21 heavy (non-hydrogen) atoms. The summed E-state index contributed by atoms with van der Waals surface area (Å²) in [7, 11) is 1.92. The summed E-state index contributed by atoms with van der Waals surface area (Å²) in [5, 5.41) is 12.9. The third-order valence-electron chi connectivity index (χ3n) is 3.91. The molecule has 110 valence electrons. The van der Waals surface area contributed by atoms with Gasteiger partial charge in [0.2, 0.25) is 0 Å². The number of aromatic hydroxyl groups is 1. The summed E-state index contributed by atoms with van der Waals surface area (Å²) in [6.07, 6.45) is 5.80. The number of carbonyl (C=O) groups is 1. The summed E-state index contributed by atoms with van der Waals surface area (Å²) in [4.78, 5) is 16.8. The first-order valence-corrected chi connectivity index (χ1v) is 7.14. The summed E-state index contributed by atoms with van der Waals surface area (Å²) in [5.74, 6) is 1.04. The minimum atomic E-state index is -0.254. The number of phenols is 1. The molecule has 1 fully saturated rings. The summed E-state index contributed by atoms with van der Waals surface area (Å²) >= 11 is 0. The molecule has 1 aromatic heterocycles. The van der Waals surface area contributed by atoms with E-state index in [9.17, 15) is 9.90 Å². The lowest BCUT2D eigenvalue weighted by atomic mass is 10.1. The molecule has 1 heterocycles. The number of imidazole rings is 1. The number of rotatable bonds is 4. The van der Waals surface area contributed by atoms with Crippen molar-refractivity contribution in [1.82, 2.24) is 14.9 Å². The largest absolute Gasteiger partial charge is 0.507 e. The third-order valence-corrected chi connectivity index (χ3v) is 3.91. The van der Waals surface area contributed by atoms with E-state index >= 15 is 0 Å². The standard InChI is InChI=1S/C16H19N3O2/c1-10-3-6-13(20)12(9-10)16(21)18-14(11-4-5-11)15-17-7-8-19(15)2/h3,6-9,11,14,20H,4-5H2,1-2H3,(H,18,21)/t14-/m1/s1. The summed E-state index contributed by atoms with van der Waals surface area (Å²) in [5.41, 5.74) is 1.26. The molecular formula is C16H19N3O2. The summed E-state index contributed by atoms with van der Waals surface area (Å²) < 4.78 is 1.93. The van der Waals surface area contributed by atoms with E-state index < -0.39 is 0 Å². The Morgan fingerprint density at radius 2 is 2.24 bits per heavy atom. The van der Waals surface area contributed by atoms with Crippen LogP contribution in [0.4, 0.5) is 0 Å². The Morgan fingerprint density at radius 1 is 1.48 bits per heavy atom. The minimum Gasteiger partial charge on any atom is -0.507 e. The molecule has 1 aromatic carbocycles. The van der Waals surface area contributed by atoms with Crippen LogP contribution in [0, 0.1) is 12.8 Å². The fourth-order valence-corrected chi connectivity index (χ4v) is 2.55. The molecule has 1 amide bonds. The van der Waals surface area contributed by atoms with Crippen LogP contribution in [0.25, 0.3) is 0 Å². The SMILES string of the molecule is Cc1ccc(O)c(C(=O)N[C@@H](c2nccn2C)C2CC2)c1. The van der Waals surface area contributed by atoms with Crippen molar-refractivity contribution >= 4 is 5.91 Å². The second-order valence-corrected chi connectivity index (χ2v) is 5.71. The minimum absolute atomic E-state index is 0.00693. The number of phenolic OH excluding ortho intramolecular Hbond substituents is 1. The molecule has 1 aliphatic carbocycles. The highest BCUT2D eigenvalue weighted by Gasteiger charge is 2.36. The van der Waals surface area contributed by atoms with E-state index in [-0.39, 0.29) is 17.7 Å². The van der Waals surface area contributed by atoms with Gasteiger partial charge in [-0.25, -0.2) is 4.98 Å². The van der Waals surface area contributed by atoms with Gasteiger partial charge >= 0.3 is 0 Å². The van der Waals surface area contributed by atoms with Crippen molar-refractivity contribution in [1.29, 1.82) is 0 Å². The number of nitrogens with zero attached hydrogens (tertiary/aromatic N) is 2. The highest BCUT2D eigenvalue weighted by molar-refractivity contribution is 5.97. The lowest BCUT2D eigenvalue weighted by Gasteiger charge is -2.18. The quantitative estimate of drug-likeness (QED) is 0.906. The Labute approximate surface area is 123 Å². The van der Waals surface area contributed by atoms with Gasteiger partial charge in [-0.3, -0.25) is 4.79 Å². The number of aryl methyl sites for hydroxylation is 2. The van der Waals surface area contributed by atoms with Gasteiger partial charge in [0.05, 0.1) is 11.6 Å². The number of nitrogens with one attached hydrogen (secondary N) is 1. The molecule has 5 nitrogen and oxygen atoms in total. The Hall–Kier alpha value is -2.30. The summed E-state index contributed by atoms with van der Waals surface area (Å²) in [6, 6.07) is 4.94. The molecule has 0 saturated heterocycles. The van der Waals surface area contributed by atoms with Crippen LogP contribution in [-0.4, -0.2) is 20.6 Å². The zero-order valence-corrected chi connectivity index (χ0v) is 12.2. The van der Waals surface area contributed by atoms with E-state index in [1.54, 1.807) is 24.4 Å². The Kier molecular flexibility index (Phi) is 3.41. The lowest BCUT2D eigenvalue weighted by molar-refractivity contribution is 0.0926. The van der Waals surface area contributed by atoms with Crippen molar-refractivity contribution in [3.63, 3.8) is 0 Å². The van der Waals surface area contributed by atoms with Gasteiger partial charge in [0.1, 0.15) is 11.6 Å². The average molecular weight is 285 g/mol. The first-order valence-electron chi connectivity index (χ1n) is 7.14. The average Bonchev–Trinajstić information content (AvgIpc) is 3.21. The third kappa shape index (κ3) is 2.77. The van der Waals surface area contributed by atoms with E-state index in [1.807, 2.05) is 24.7 Å². The van der Waals surface area contributed by atoms with E-state index in [2.05, 4.69) is 10.3 Å². The Balaban J connectivity index is 1.85. The second kappa shape index (κ2) is 5.24. The first-order chi connectivity index (χ1) is 10.1. The van der Waals surface area contributed by atoms with Crippen LogP contribution in [0.2, 0.25) is 0 Å². The lowest BCUT2D eigenvalue weighted by Crippen LogP contribution is -2.31. The Bertz CT molecular complexity index is 674. The zero-order chi connectivity index (χ0) is 15.0. The van der Waals surface area contributed by atoms with Gasteiger partial charge in [-0.15, -0.1) is 0 Å². The maximum absolute atomic E-state index is 12.5. The van der Waals surface area contributed by atoms with Crippen LogP contribution >= 0.6 is 0 Å². The van der Waals surface area contributed by atoms with Crippen LogP contribution in [-0.2, 0) is 7.05 Å². The second-order valence-electron chi connectivity index (χ2n) is 5.71. The molecule has 3 rings (SSSR count). The number of hydrogen-bond donors (Lipinski definition) is 2. The van der Waals surface area contributed by atoms with E-state index in [4.69, 9.17) is 0 Å². The number of amides is 1. The topological polar surface area (TPSA) is 67.2 Å². The number of aromatic nitrogens is 2. The van der Waals surface area contributed by atoms with Crippen LogP contribution in [0.1, 0.15) is 40.6 Å². The predicted octanol–water partition coefficient (Wildman–Crippen LogP) is 2.32. The molecule has 1 aliphatic rings. The van der Waals surface area contributed by atoms with Crippen LogP contribution in [0.15, 0.2) is 30.6 Å². The maximum atomic E-state index is 12.5. The van der Waals surface area contributed by atoms with E-state index in [0.29, 0.717) is 11.5 Å². The van der Waals surface area contributed by atoms with Crippen molar-refractivity contribution in [2.75, 3.05) is 0 Å². The van der Waals surface area contributed by atoms with Gasteiger partial charge in [-0.05, 0) is 37.8 Å². The molecule has 0 radical (unpaired) electrons. The van der Waals surface area contributed by atoms with Crippen LogP contribution < -0.4 is 5.32 Å². The van der Waals surface area contributed by atoms with E-state index in [1.165, 1.54) is 0 Å². The van der Waals surface area contributed by atoms with E-state index in [0.717, 1.165) is 24.2 Å². The molecule has 1 saturated carbocycles.